The van der Waals surface area contributed by atoms with E-state index in [1.807, 2.05) is 18.2 Å². The van der Waals surface area contributed by atoms with Gasteiger partial charge in [-0.25, -0.2) is 4.79 Å². The monoisotopic (exact) mass is 393 g/mol. The van der Waals surface area contributed by atoms with E-state index in [2.05, 4.69) is 27.9 Å². The number of hydrogen-bond donors (Lipinski definition) is 2. The Balaban J connectivity index is 2.27. The molecule has 2 aromatic rings. The summed E-state index contributed by atoms with van der Waals surface area (Å²) in [7, 11) is 0. The van der Waals surface area contributed by atoms with Gasteiger partial charge in [0.2, 0.25) is 0 Å². The Morgan fingerprint density at radius 1 is 1.00 bits per heavy atom. The second-order valence-electron chi connectivity index (χ2n) is 4.20. The van der Waals surface area contributed by atoms with Gasteiger partial charge >= 0.3 is 5.97 Å². The summed E-state index contributed by atoms with van der Waals surface area (Å²) >= 11 is 2.11. The molecule has 0 saturated carbocycles. The third-order valence-corrected chi connectivity index (χ3v) is 3.70. The van der Waals surface area contributed by atoms with Crippen molar-refractivity contribution in [2.45, 2.75) is 0 Å². The molecule has 0 bridgehead atoms. The number of aliphatic carboxylic acids is 1. The van der Waals surface area contributed by atoms with Crippen molar-refractivity contribution < 1.29 is 14.7 Å². The lowest BCUT2D eigenvalue weighted by Gasteiger charge is -2.07. The molecule has 0 atom stereocenters. The molecule has 0 aromatic heterocycles. The van der Waals surface area contributed by atoms with E-state index in [4.69, 9.17) is 0 Å². The van der Waals surface area contributed by atoms with Crippen molar-refractivity contribution in [3.63, 3.8) is 0 Å². The van der Waals surface area contributed by atoms with Crippen LogP contribution in [0.1, 0.15) is 15.9 Å². The molecule has 4 nitrogen and oxygen atoms in total. The van der Waals surface area contributed by atoms with E-state index in [1.54, 1.807) is 36.4 Å². The minimum Gasteiger partial charge on any atom is -0.477 e. The van der Waals surface area contributed by atoms with E-state index in [9.17, 15) is 14.7 Å². The Morgan fingerprint density at radius 2 is 1.62 bits per heavy atom. The lowest BCUT2D eigenvalue weighted by molar-refractivity contribution is -0.132. The first-order valence-corrected chi connectivity index (χ1v) is 7.21. The van der Waals surface area contributed by atoms with E-state index < -0.39 is 11.9 Å². The number of hydrogen-bond acceptors (Lipinski definition) is 2. The lowest BCUT2D eigenvalue weighted by Crippen LogP contribution is -2.27. The van der Waals surface area contributed by atoms with Crippen LogP contribution in [-0.2, 0) is 4.79 Å². The minimum absolute atomic E-state index is 0.159. The van der Waals surface area contributed by atoms with Gasteiger partial charge in [-0.1, -0.05) is 36.4 Å². The Labute approximate surface area is 135 Å². The molecule has 21 heavy (non-hydrogen) atoms. The zero-order valence-electron chi connectivity index (χ0n) is 10.9. The van der Waals surface area contributed by atoms with Crippen LogP contribution in [-0.4, -0.2) is 17.0 Å². The molecule has 0 fully saturated rings. The van der Waals surface area contributed by atoms with E-state index in [1.165, 1.54) is 6.08 Å². The van der Waals surface area contributed by atoms with Crippen LogP contribution >= 0.6 is 22.6 Å². The molecule has 0 heterocycles. The van der Waals surface area contributed by atoms with Crippen LogP contribution in [0.15, 0.2) is 60.3 Å². The molecule has 106 valence electrons. The summed E-state index contributed by atoms with van der Waals surface area (Å²) in [5.41, 5.74) is 0.990. The molecule has 2 aromatic carbocycles. The minimum atomic E-state index is -1.18. The molecule has 1 amide bonds. The Morgan fingerprint density at radius 3 is 2.24 bits per heavy atom. The van der Waals surface area contributed by atoms with Gasteiger partial charge in [-0.3, -0.25) is 4.79 Å². The fourth-order valence-corrected chi connectivity index (χ4v) is 2.23. The average Bonchev–Trinajstić information content (AvgIpc) is 2.49. The van der Waals surface area contributed by atoms with Crippen LogP contribution in [0.5, 0.6) is 0 Å². The Bertz CT molecular complexity index is 696. The number of nitrogens with one attached hydrogen (secondary N) is 1. The number of carbonyl (C=O) groups excluding carboxylic acids is 1. The smallest absolute Gasteiger partial charge is 0.352 e. The quantitative estimate of drug-likeness (QED) is 0.620. The van der Waals surface area contributed by atoms with Gasteiger partial charge < -0.3 is 10.4 Å². The first-order chi connectivity index (χ1) is 10.1. The number of rotatable bonds is 4. The molecule has 0 spiro atoms. The van der Waals surface area contributed by atoms with Crippen molar-refractivity contribution in [3.05, 3.63) is 75.0 Å². The fourth-order valence-electron chi connectivity index (χ4n) is 1.68. The molecule has 0 aliphatic rings. The van der Waals surface area contributed by atoms with Crippen molar-refractivity contribution >= 4 is 40.5 Å². The number of benzene rings is 2. The summed E-state index contributed by atoms with van der Waals surface area (Å²) in [4.78, 5) is 23.3. The Hall–Kier alpha value is -2.15. The van der Waals surface area contributed by atoms with Gasteiger partial charge in [0, 0.05) is 9.13 Å². The van der Waals surface area contributed by atoms with Crippen LogP contribution in [0, 0.1) is 3.57 Å². The largest absolute Gasteiger partial charge is 0.477 e. The SMILES string of the molecule is O=C(O)C(=Cc1ccccc1I)NC(=O)c1ccccc1. The molecule has 0 saturated heterocycles. The van der Waals surface area contributed by atoms with Gasteiger partial charge in [0.15, 0.2) is 0 Å². The van der Waals surface area contributed by atoms with Crippen LogP contribution in [0.25, 0.3) is 6.08 Å². The van der Waals surface area contributed by atoms with E-state index in [0.717, 1.165) is 9.13 Å². The summed E-state index contributed by atoms with van der Waals surface area (Å²) in [5.74, 6) is -1.63. The van der Waals surface area contributed by atoms with Crippen LogP contribution in [0.2, 0.25) is 0 Å². The molecule has 5 heteroatoms. The number of amides is 1. The molecule has 0 aliphatic carbocycles. The molecule has 0 radical (unpaired) electrons. The van der Waals surface area contributed by atoms with Crippen LogP contribution in [0.3, 0.4) is 0 Å². The van der Waals surface area contributed by atoms with Gasteiger partial charge in [0.1, 0.15) is 5.70 Å². The number of carbonyl (C=O) groups is 2. The van der Waals surface area contributed by atoms with Crippen LogP contribution in [0.4, 0.5) is 0 Å². The van der Waals surface area contributed by atoms with Crippen molar-refractivity contribution in [1.29, 1.82) is 0 Å². The van der Waals surface area contributed by atoms with Crippen LogP contribution < -0.4 is 5.32 Å². The summed E-state index contributed by atoms with van der Waals surface area (Å²) in [5, 5.41) is 11.7. The predicted octanol–water partition coefficient (Wildman–Crippen LogP) is 3.15. The summed E-state index contributed by atoms with van der Waals surface area (Å²) in [6, 6.07) is 15.8. The first kappa shape index (κ1) is 15.2. The second-order valence-corrected chi connectivity index (χ2v) is 5.37. The summed E-state index contributed by atoms with van der Waals surface area (Å²) in [6.07, 6.45) is 1.45. The highest BCUT2D eigenvalue weighted by Gasteiger charge is 2.13. The normalized spacial score (nSPS) is 11.0. The average molecular weight is 393 g/mol. The topological polar surface area (TPSA) is 66.4 Å². The standard InChI is InChI=1S/C16H12INO3/c17-13-9-5-4-8-12(13)10-14(16(20)21)18-15(19)11-6-2-1-3-7-11/h1-10H,(H,18,19)(H,20,21). The highest BCUT2D eigenvalue weighted by molar-refractivity contribution is 14.1. The Kier molecular flexibility index (Phi) is 5.10. The zero-order valence-corrected chi connectivity index (χ0v) is 13.1. The molecule has 2 rings (SSSR count). The number of carboxylic acid groups (broad SMARTS) is 1. The fraction of sp³-hybridized carbons (Fsp3) is 0. The highest BCUT2D eigenvalue weighted by Crippen LogP contribution is 2.15. The summed E-state index contributed by atoms with van der Waals surface area (Å²) in [6.45, 7) is 0. The number of halogens is 1. The van der Waals surface area contributed by atoms with Gasteiger partial charge in [0.25, 0.3) is 5.91 Å². The zero-order chi connectivity index (χ0) is 15.2. The van der Waals surface area contributed by atoms with Gasteiger partial charge in [-0.15, -0.1) is 0 Å². The van der Waals surface area contributed by atoms with Crippen molar-refractivity contribution in [2.24, 2.45) is 0 Å². The first-order valence-electron chi connectivity index (χ1n) is 6.14. The lowest BCUT2D eigenvalue weighted by atomic mass is 10.1. The van der Waals surface area contributed by atoms with E-state index in [-0.39, 0.29) is 5.70 Å². The molecule has 2 N–H and O–H groups in total. The third-order valence-electron chi connectivity index (χ3n) is 2.72. The van der Waals surface area contributed by atoms with Gasteiger partial charge in [-0.2, -0.15) is 0 Å². The second kappa shape index (κ2) is 7.03. The molecule has 0 unspecified atom stereocenters. The maximum atomic E-state index is 12.0. The van der Waals surface area contributed by atoms with Gasteiger partial charge in [-0.05, 0) is 52.4 Å². The highest BCUT2D eigenvalue weighted by atomic mass is 127. The molecule has 0 aliphatic heterocycles. The van der Waals surface area contributed by atoms with E-state index >= 15 is 0 Å². The number of carboxylic acids is 1. The molecular weight excluding hydrogens is 381 g/mol. The van der Waals surface area contributed by atoms with Crippen molar-refractivity contribution in [2.75, 3.05) is 0 Å². The third kappa shape index (κ3) is 4.16. The maximum Gasteiger partial charge on any atom is 0.352 e. The van der Waals surface area contributed by atoms with Gasteiger partial charge in [0.05, 0.1) is 0 Å². The summed E-state index contributed by atoms with van der Waals surface area (Å²) < 4.78 is 0.905. The van der Waals surface area contributed by atoms with Crippen molar-refractivity contribution in [1.82, 2.24) is 5.32 Å². The molecular formula is C16H12INO3. The predicted molar refractivity (Wildman–Crippen MR) is 88.7 cm³/mol. The van der Waals surface area contributed by atoms with Crippen molar-refractivity contribution in [3.8, 4) is 0 Å². The van der Waals surface area contributed by atoms with E-state index in [0.29, 0.717) is 5.56 Å². The maximum absolute atomic E-state index is 12.0.